The molecule has 1 aliphatic rings. The lowest BCUT2D eigenvalue weighted by Crippen LogP contribution is -2.45. The number of carbonyl (C=O) groups excluding carboxylic acids is 1. The van der Waals surface area contributed by atoms with Crippen LogP contribution in [-0.2, 0) is 4.79 Å². The predicted octanol–water partition coefficient (Wildman–Crippen LogP) is 1.65. The largest absolute Gasteiger partial charge is 0.338 e. The summed E-state index contributed by atoms with van der Waals surface area (Å²) >= 11 is 0. The molecule has 0 aliphatic carbocycles. The third-order valence-electron chi connectivity index (χ3n) is 2.99. The van der Waals surface area contributed by atoms with Gasteiger partial charge in [-0.05, 0) is 24.5 Å². The first-order valence-corrected chi connectivity index (χ1v) is 6.03. The van der Waals surface area contributed by atoms with Crippen molar-refractivity contribution in [2.45, 2.75) is 18.9 Å². The molecular formula is C14H18N2O. The summed E-state index contributed by atoms with van der Waals surface area (Å²) in [5, 5.41) is 0. The average Bonchev–Trinajstić information content (AvgIpc) is 2.37. The Morgan fingerprint density at radius 3 is 2.82 bits per heavy atom. The van der Waals surface area contributed by atoms with Gasteiger partial charge in [0.1, 0.15) is 0 Å². The van der Waals surface area contributed by atoms with E-state index in [0.29, 0.717) is 6.54 Å². The highest BCUT2D eigenvalue weighted by molar-refractivity contribution is 5.91. The lowest BCUT2D eigenvalue weighted by molar-refractivity contribution is -0.127. The third-order valence-corrected chi connectivity index (χ3v) is 2.99. The summed E-state index contributed by atoms with van der Waals surface area (Å²) in [5.41, 5.74) is 6.90. The molecule has 2 N–H and O–H groups in total. The smallest absolute Gasteiger partial charge is 0.246 e. The molecule has 1 saturated heterocycles. The van der Waals surface area contributed by atoms with Crippen LogP contribution in [0.3, 0.4) is 0 Å². The fraction of sp³-hybridized carbons (Fsp3) is 0.357. The van der Waals surface area contributed by atoms with Crippen LogP contribution in [-0.4, -0.2) is 29.9 Å². The predicted molar refractivity (Wildman–Crippen MR) is 69.3 cm³/mol. The van der Waals surface area contributed by atoms with Gasteiger partial charge < -0.3 is 10.6 Å². The van der Waals surface area contributed by atoms with E-state index >= 15 is 0 Å². The fourth-order valence-corrected chi connectivity index (χ4v) is 2.05. The molecule has 0 saturated carbocycles. The molecule has 0 unspecified atom stereocenters. The van der Waals surface area contributed by atoms with Crippen LogP contribution in [0.1, 0.15) is 18.4 Å². The molecule has 1 aromatic rings. The molecule has 1 aromatic carbocycles. The van der Waals surface area contributed by atoms with Gasteiger partial charge in [-0.2, -0.15) is 0 Å². The maximum absolute atomic E-state index is 11.9. The number of rotatable bonds is 2. The van der Waals surface area contributed by atoms with E-state index in [2.05, 4.69) is 0 Å². The van der Waals surface area contributed by atoms with Gasteiger partial charge in [0.25, 0.3) is 0 Å². The monoisotopic (exact) mass is 230 g/mol. The van der Waals surface area contributed by atoms with Gasteiger partial charge >= 0.3 is 0 Å². The summed E-state index contributed by atoms with van der Waals surface area (Å²) in [6.45, 7) is 1.50. The standard InChI is InChI=1S/C14H18N2O/c15-13-7-4-10-16(11-13)14(17)9-8-12-5-2-1-3-6-12/h1-3,5-6,8-9,13H,4,7,10-11,15H2/b9-8+/t13-/m0/s1. The van der Waals surface area contributed by atoms with E-state index in [1.807, 2.05) is 41.3 Å². The van der Waals surface area contributed by atoms with Gasteiger partial charge in [0, 0.05) is 25.2 Å². The molecule has 0 bridgehead atoms. The van der Waals surface area contributed by atoms with Crippen molar-refractivity contribution in [1.29, 1.82) is 0 Å². The molecule has 90 valence electrons. The number of likely N-dealkylation sites (tertiary alicyclic amines) is 1. The first-order chi connectivity index (χ1) is 8.25. The molecule has 1 amide bonds. The zero-order chi connectivity index (χ0) is 12.1. The Morgan fingerprint density at radius 2 is 2.12 bits per heavy atom. The number of piperidine rings is 1. The second kappa shape index (κ2) is 5.64. The van der Waals surface area contributed by atoms with Crippen LogP contribution >= 0.6 is 0 Å². The summed E-state index contributed by atoms with van der Waals surface area (Å²) in [5.74, 6) is 0.0593. The van der Waals surface area contributed by atoms with E-state index < -0.39 is 0 Å². The van der Waals surface area contributed by atoms with Crippen LogP contribution in [0.2, 0.25) is 0 Å². The van der Waals surface area contributed by atoms with E-state index in [1.165, 1.54) is 0 Å². The van der Waals surface area contributed by atoms with Gasteiger partial charge in [0.2, 0.25) is 5.91 Å². The SMILES string of the molecule is N[C@H]1CCCN(C(=O)/C=C/c2ccccc2)C1. The van der Waals surface area contributed by atoms with E-state index in [0.717, 1.165) is 24.9 Å². The minimum absolute atomic E-state index is 0.0593. The highest BCUT2D eigenvalue weighted by Gasteiger charge is 2.19. The number of hydrogen-bond acceptors (Lipinski definition) is 2. The summed E-state index contributed by atoms with van der Waals surface area (Å²) in [4.78, 5) is 13.7. The van der Waals surface area contributed by atoms with Crippen LogP contribution in [0.15, 0.2) is 36.4 Å². The van der Waals surface area contributed by atoms with E-state index in [1.54, 1.807) is 6.08 Å². The second-order valence-electron chi connectivity index (χ2n) is 4.43. The van der Waals surface area contributed by atoms with Gasteiger partial charge in [0.15, 0.2) is 0 Å². The van der Waals surface area contributed by atoms with Crippen LogP contribution in [0.4, 0.5) is 0 Å². The van der Waals surface area contributed by atoms with Crippen molar-refractivity contribution in [2.24, 2.45) is 5.73 Å². The van der Waals surface area contributed by atoms with Crippen LogP contribution in [0.5, 0.6) is 0 Å². The van der Waals surface area contributed by atoms with Crippen molar-refractivity contribution in [3.63, 3.8) is 0 Å². The second-order valence-corrected chi connectivity index (χ2v) is 4.43. The number of benzene rings is 1. The zero-order valence-corrected chi connectivity index (χ0v) is 9.88. The maximum atomic E-state index is 11.9. The number of carbonyl (C=O) groups is 1. The molecule has 0 spiro atoms. The van der Waals surface area contributed by atoms with Crippen LogP contribution in [0, 0.1) is 0 Å². The summed E-state index contributed by atoms with van der Waals surface area (Å²) in [6.07, 6.45) is 5.51. The molecule has 0 radical (unpaired) electrons. The van der Waals surface area contributed by atoms with Crippen molar-refractivity contribution in [3.05, 3.63) is 42.0 Å². The molecular weight excluding hydrogens is 212 g/mol. The van der Waals surface area contributed by atoms with Gasteiger partial charge in [-0.25, -0.2) is 0 Å². The molecule has 1 aliphatic heterocycles. The Labute approximate surface area is 102 Å². The van der Waals surface area contributed by atoms with Crippen molar-refractivity contribution in [2.75, 3.05) is 13.1 Å². The highest BCUT2D eigenvalue weighted by Crippen LogP contribution is 2.09. The van der Waals surface area contributed by atoms with Crippen LogP contribution in [0.25, 0.3) is 6.08 Å². The zero-order valence-electron chi connectivity index (χ0n) is 9.88. The van der Waals surface area contributed by atoms with Crippen molar-refractivity contribution in [1.82, 2.24) is 4.90 Å². The normalized spacial score (nSPS) is 20.8. The molecule has 0 aromatic heterocycles. The number of nitrogens with two attached hydrogens (primary N) is 1. The summed E-state index contributed by atoms with van der Waals surface area (Å²) < 4.78 is 0. The number of nitrogens with zero attached hydrogens (tertiary/aromatic N) is 1. The molecule has 1 fully saturated rings. The average molecular weight is 230 g/mol. The van der Waals surface area contributed by atoms with Gasteiger partial charge in [-0.3, -0.25) is 4.79 Å². The van der Waals surface area contributed by atoms with E-state index in [9.17, 15) is 4.79 Å². The molecule has 1 heterocycles. The summed E-state index contributed by atoms with van der Waals surface area (Å²) in [7, 11) is 0. The fourth-order valence-electron chi connectivity index (χ4n) is 2.05. The molecule has 17 heavy (non-hydrogen) atoms. The Hall–Kier alpha value is -1.61. The van der Waals surface area contributed by atoms with Crippen molar-refractivity contribution >= 4 is 12.0 Å². The quantitative estimate of drug-likeness (QED) is 0.785. The Kier molecular flexibility index (Phi) is 3.94. The topological polar surface area (TPSA) is 46.3 Å². The first-order valence-electron chi connectivity index (χ1n) is 6.03. The van der Waals surface area contributed by atoms with Gasteiger partial charge in [0.05, 0.1) is 0 Å². The van der Waals surface area contributed by atoms with Crippen molar-refractivity contribution < 1.29 is 4.79 Å². The molecule has 1 atom stereocenters. The molecule has 3 heteroatoms. The number of hydrogen-bond donors (Lipinski definition) is 1. The van der Waals surface area contributed by atoms with Crippen molar-refractivity contribution in [3.8, 4) is 0 Å². The molecule has 2 rings (SSSR count). The maximum Gasteiger partial charge on any atom is 0.246 e. The Bertz CT molecular complexity index is 400. The minimum Gasteiger partial charge on any atom is -0.338 e. The lowest BCUT2D eigenvalue weighted by Gasteiger charge is -2.29. The van der Waals surface area contributed by atoms with Gasteiger partial charge in [-0.1, -0.05) is 30.3 Å². The van der Waals surface area contributed by atoms with Crippen LogP contribution < -0.4 is 5.73 Å². The van der Waals surface area contributed by atoms with E-state index in [-0.39, 0.29) is 11.9 Å². The Balaban J connectivity index is 1.94. The third kappa shape index (κ3) is 3.43. The van der Waals surface area contributed by atoms with E-state index in [4.69, 9.17) is 5.73 Å². The first kappa shape index (κ1) is 11.9. The lowest BCUT2D eigenvalue weighted by atomic mass is 10.1. The number of amides is 1. The molecule has 3 nitrogen and oxygen atoms in total. The Morgan fingerprint density at radius 1 is 1.35 bits per heavy atom. The minimum atomic E-state index is 0.0593. The highest BCUT2D eigenvalue weighted by atomic mass is 16.2. The van der Waals surface area contributed by atoms with Gasteiger partial charge in [-0.15, -0.1) is 0 Å². The summed E-state index contributed by atoms with van der Waals surface area (Å²) in [6, 6.07) is 9.97.